The second-order valence-corrected chi connectivity index (χ2v) is 8.76. The molecule has 3 unspecified atom stereocenters. The van der Waals surface area contributed by atoms with Crippen LogP contribution >= 0.6 is 0 Å². The van der Waals surface area contributed by atoms with Crippen LogP contribution in [0.3, 0.4) is 0 Å². The lowest BCUT2D eigenvalue weighted by atomic mass is 10.1. The Bertz CT molecular complexity index is 970. The maximum absolute atomic E-state index is 5.23. The predicted octanol–water partition coefficient (Wildman–Crippen LogP) is 2.69. The van der Waals surface area contributed by atoms with Crippen LogP contribution in [0.15, 0.2) is 70.9 Å². The first-order valence-corrected chi connectivity index (χ1v) is 11.4. The third kappa shape index (κ3) is 6.49. The first-order chi connectivity index (χ1) is 15.9. The number of hydrogen-bond acceptors (Lipinski definition) is 6. The molecule has 7 heteroatoms. The fraction of sp³-hybridized carbons (Fsp3) is 0.423. The first kappa shape index (κ1) is 24.6. The lowest BCUT2D eigenvalue weighted by molar-refractivity contribution is 0.312. The van der Waals surface area contributed by atoms with E-state index in [2.05, 4.69) is 88.3 Å². The van der Waals surface area contributed by atoms with Crippen LogP contribution in [0.4, 0.5) is 0 Å². The molecule has 0 aliphatic carbocycles. The van der Waals surface area contributed by atoms with Gasteiger partial charge in [-0.3, -0.25) is 20.3 Å². The first-order valence-electron chi connectivity index (χ1n) is 11.4. The van der Waals surface area contributed by atoms with Crippen LogP contribution < -0.4 is 10.6 Å². The molecule has 3 rings (SSSR count). The minimum Gasteiger partial charge on any atom is -0.358 e. The molecular formula is C26H37N7. The maximum atomic E-state index is 5.23. The summed E-state index contributed by atoms with van der Waals surface area (Å²) < 4.78 is 0. The van der Waals surface area contributed by atoms with Crippen LogP contribution in [0.5, 0.6) is 0 Å². The highest BCUT2D eigenvalue weighted by atomic mass is 15.3. The highest BCUT2D eigenvalue weighted by Gasteiger charge is 2.28. The van der Waals surface area contributed by atoms with Crippen LogP contribution in [-0.2, 0) is 6.54 Å². The van der Waals surface area contributed by atoms with Gasteiger partial charge in [-0.1, -0.05) is 42.5 Å². The Morgan fingerprint density at radius 1 is 1.27 bits per heavy atom. The number of aromatic nitrogens is 1. The van der Waals surface area contributed by atoms with Crippen LogP contribution in [0.1, 0.15) is 23.6 Å². The Labute approximate surface area is 198 Å². The summed E-state index contributed by atoms with van der Waals surface area (Å²) in [7, 11) is 6.11. The number of aliphatic imine (C=N–C) groups is 2. The summed E-state index contributed by atoms with van der Waals surface area (Å²) in [6.07, 6.45) is 5.63. The molecule has 2 heterocycles. The van der Waals surface area contributed by atoms with Crippen molar-refractivity contribution in [1.29, 1.82) is 0 Å². The van der Waals surface area contributed by atoms with Crippen molar-refractivity contribution in [2.24, 2.45) is 9.98 Å². The molecule has 1 aliphatic heterocycles. The topological polar surface area (TPSA) is 68.2 Å². The SMILES string of the molecule is C=C(C)C(CNC1N=CN(C)C1CNC)N=C(c1ccccc1C)N(C)Cc1cccnc1. The zero-order valence-electron chi connectivity index (χ0n) is 20.5. The van der Waals surface area contributed by atoms with Crippen molar-refractivity contribution < 1.29 is 0 Å². The van der Waals surface area contributed by atoms with Gasteiger partial charge in [0.25, 0.3) is 0 Å². The summed E-state index contributed by atoms with van der Waals surface area (Å²) in [5, 5.41) is 6.87. The van der Waals surface area contributed by atoms with E-state index in [1.54, 1.807) is 6.20 Å². The number of amidine groups is 1. The lowest BCUT2D eigenvalue weighted by Crippen LogP contribution is -2.49. The van der Waals surface area contributed by atoms with Crippen molar-refractivity contribution in [3.8, 4) is 0 Å². The molecule has 0 radical (unpaired) electrons. The summed E-state index contributed by atoms with van der Waals surface area (Å²) in [5.41, 5.74) is 4.48. The Morgan fingerprint density at radius 3 is 2.73 bits per heavy atom. The maximum Gasteiger partial charge on any atom is 0.131 e. The number of aryl methyl sites for hydroxylation is 1. The van der Waals surface area contributed by atoms with E-state index in [1.165, 1.54) is 5.56 Å². The van der Waals surface area contributed by atoms with Gasteiger partial charge in [-0.05, 0) is 38.1 Å². The van der Waals surface area contributed by atoms with Gasteiger partial charge in [0.2, 0.25) is 0 Å². The van der Waals surface area contributed by atoms with Gasteiger partial charge in [0.15, 0.2) is 0 Å². The molecule has 176 valence electrons. The second kappa shape index (κ2) is 11.7. The summed E-state index contributed by atoms with van der Waals surface area (Å²) in [4.78, 5) is 18.5. The van der Waals surface area contributed by atoms with Crippen LogP contribution in [0, 0.1) is 6.92 Å². The zero-order chi connectivity index (χ0) is 23.8. The van der Waals surface area contributed by atoms with Gasteiger partial charge in [-0.15, -0.1) is 0 Å². The van der Waals surface area contributed by atoms with Crippen molar-refractivity contribution in [2.75, 3.05) is 34.2 Å². The van der Waals surface area contributed by atoms with Gasteiger partial charge >= 0.3 is 0 Å². The Balaban J connectivity index is 1.85. The third-order valence-corrected chi connectivity index (χ3v) is 5.97. The number of nitrogens with one attached hydrogen (secondary N) is 2. The minimum atomic E-state index is -0.0766. The number of benzene rings is 1. The largest absolute Gasteiger partial charge is 0.358 e. The molecule has 33 heavy (non-hydrogen) atoms. The summed E-state index contributed by atoms with van der Waals surface area (Å²) in [5.74, 6) is 0.950. The van der Waals surface area contributed by atoms with Gasteiger partial charge in [0.1, 0.15) is 12.0 Å². The lowest BCUT2D eigenvalue weighted by Gasteiger charge is -2.28. The van der Waals surface area contributed by atoms with E-state index >= 15 is 0 Å². The normalized spacial score (nSPS) is 19.1. The molecule has 2 aromatic rings. The molecular weight excluding hydrogens is 410 g/mol. The molecule has 0 amide bonds. The molecule has 0 fully saturated rings. The monoisotopic (exact) mass is 447 g/mol. The van der Waals surface area contributed by atoms with E-state index in [0.717, 1.165) is 35.6 Å². The standard InChI is InChI=1S/C26H37N7/c1-19(2)23(15-29-25-24(16-27-4)33(6)18-30-25)31-26(22-12-8-7-10-20(22)3)32(5)17-21-11-9-13-28-14-21/h7-14,18,23-25,27,29H,1,15-17H2,2-6H3. The third-order valence-electron chi connectivity index (χ3n) is 5.97. The van der Waals surface area contributed by atoms with Crippen molar-refractivity contribution in [2.45, 2.75) is 38.6 Å². The van der Waals surface area contributed by atoms with Crippen LogP contribution in [0.25, 0.3) is 0 Å². The molecule has 0 saturated carbocycles. The molecule has 3 atom stereocenters. The Hall–Kier alpha value is -3.03. The van der Waals surface area contributed by atoms with Gasteiger partial charge in [0, 0.05) is 51.7 Å². The molecule has 0 bridgehead atoms. The average Bonchev–Trinajstić information content (AvgIpc) is 3.14. The molecule has 7 nitrogen and oxygen atoms in total. The molecule has 1 aromatic carbocycles. The van der Waals surface area contributed by atoms with Gasteiger partial charge < -0.3 is 15.1 Å². The molecule has 1 aromatic heterocycles. The fourth-order valence-electron chi connectivity index (χ4n) is 3.99. The smallest absolute Gasteiger partial charge is 0.131 e. The van der Waals surface area contributed by atoms with Gasteiger partial charge in [-0.25, -0.2) is 0 Å². The van der Waals surface area contributed by atoms with Crippen LogP contribution in [0.2, 0.25) is 0 Å². The molecule has 2 N–H and O–H groups in total. The van der Waals surface area contributed by atoms with E-state index in [9.17, 15) is 0 Å². The summed E-state index contributed by atoms with van der Waals surface area (Å²) >= 11 is 0. The second-order valence-electron chi connectivity index (χ2n) is 8.76. The van der Waals surface area contributed by atoms with Crippen LogP contribution in [-0.4, -0.2) is 79.4 Å². The number of likely N-dealkylation sites (N-methyl/N-ethyl adjacent to an activating group) is 2. The molecule has 0 saturated heterocycles. The predicted molar refractivity (Wildman–Crippen MR) is 138 cm³/mol. The summed E-state index contributed by atoms with van der Waals surface area (Å²) in [6, 6.07) is 12.6. The van der Waals surface area contributed by atoms with Gasteiger partial charge in [0.05, 0.1) is 18.4 Å². The van der Waals surface area contributed by atoms with Crippen molar-refractivity contribution in [1.82, 2.24) is 25.4 Å². The molecule has 1 aliphatic rings. The van der Waals surface area contributed by atoms with E-state index in [0.29, 0.717) is 6.54 Å². The van der Waals surface area contributed by atoms with E-state index < -0.39 is 0 Å². The Kier molecular flexibility index (Phi) is 8.74. The number of rotatable bonds is 10. The fourth-order valence-corrected chi connectivity index (χ4v) is 3.99. The quantitative estimate of drug-likeness (QED) is 0.333. The summed E-state index contributed by atoms with van der Waals surface area (Å²) in [6.45, 7) is 10.7. The van der Waals surface area contributed by atoms with Crippen molar-refractivity contribution in [3.63, 3.8) is 0 Å². The van der Waals surface area contributed by atoms with Crippen molar-refractivity contribution >= 4 is 12.2 Å². The average molecular weight is 448 g/mol. The Morgan fingerprint density at radius 2 is 2.06 bits per heavy atom. The highest BCUT2D eigenvalue weighted by Crippen LogP contribution is 2.17. The number of pyridine rings is 1. The highest BCUT2D eigenvalue weighted by molar-refractivity contribution is 6.00. The number of nitrogens with zero attached hydrogens (tertiary/aromatic N) is 5. The van der Waals surface area contributed by atoms with E-state index in [1.807, 2.05) is 32.6 Å². The molecule has 0 spiro atoms. The van der Waals surface area contributed by atoms with E-state index in [4.69, 9.17) is 4.99 Å². The van der Waals surface area contributed by atoms with Crippen molar-refractivity contribution in [3.05, 3.63) is 77.6 Å². The zero-order valence-corrected chi connectivity index (χ0v) is 20.5. The van der Waals surface area contributed by atoms with Gasteiger partial charge in [-0.2, -0.15) is 0 Å². The van der Waals surface area contributed by atoms with E-state index in [-0.39, 0.29) is 18.2 Å². The number of hydrogen-bond donors (Lipinski definition) is 2. The minimum absolute atomic E-state index is 0.0227.